The van der Waals surface area contributed by atoms with Gasteiger partial charge in [-0.25, -0.2) is 9.44 Å². The molecule has 2 aliphatic carbocycles. The summed E-state index contributed by atoms with van der Waals surface area (Å²) in [6, 6.07) is 11.7. The minimum absolute atomic E-state index is 0.0171. The molecule has 3 aromatic rings. The van der Waals surface area contributed by atoms with Gasteiger partial charge in [0.1, 0.15) is 5.75 Å². The molecular formula is C38H49N5O6S. The zero-order valence-electron chi connectivity index (χ0n) is 29.7. The number of rotatable bonds is 6. The summed E-state index contributed by atoms with van der Waals surface area (Å²) in [7, 11) is 1.02. The molecule has 2 bridgehead atoms. The second-order valence-electron chi connectivity index (χ2n) is 16.5. The van der Waals surface area contributed by atoms with Crippen molar-refractivity contribution in [2.45, 2.75) is 76.9 Å². The summed E-state index contributed by atoms with van der Waals surface area (Å²) in [5.41, 5.74) is 4.02. The number of aliphatic hydroxyl groups is 1. The van der Waals surface area contributed by atoms with Gasteiger partial charge in [-0.3, -0.25) is 9.59 Å². The highest BCUT2D eigenvalue weighted by Crippen LogP contribution is 2.66. The molecule has 11 nitrogen and oxygen atoms in total. The van der Waals surface area contributed by atoms with E-state index in [1.54, 1.807) is 19.2 Å². The molecule has 50 heavy (non-hydrogen) atoms. The number of carbonyl (C=O) groups is 2. The van der Waals surface area contributed by atoms with Crippen molar-refractivity contribution in [1.82, 2.24) is 23.8 Å². The third-order valence-corrected chi connectivity index (χ3v) is 13.7. The smallest absolute Gasteiger partial charge is 0.301 e. The first kappa shape index (κ1) is 33.7. The van der Waals surface area contributed by atoms with Gasteiger partial charge in [-0.05, 0) is 73.7 Å². The van der Waals surface area contributed by atoms with E-state index in [2.05, 4.69) is 51.9 Å². The predicted octanol–water partition coefficient (Wildman–Crippen LogP) is 4.21. The number of benzene rings is 2. The van der Waals surface area contributed by atoms with Gasteiger partial charge in [0.15, 0.2) is 0 Å². The van der Waals surface area contributed by atoms with Gasteiger partial charge in [-0.2, -0.15) is 8.42 Å². The molecule has 2 saturated heterocycles. The fourth-order valence-corrected chi connectivity index (χ4v) is 11.1. The number of nitrogens with zero attached hydrogens (tertiary/aromatic N) is 3. The van der Waals surface area contributed by atoms with Crippen LogP contribution in [0.1, 0.15) is 85.7 Å². The number of carbonyl (C=O) groups excluding carboxylic acids is 2. The zero-order chi connectivity index (χ0) is 35.4. The lowest BCUT2D eigenvalue weighted by Gasteiger charge is -2.59. The lowest BCUT2D eigenvalue weighted by Crippen LogP contribution is -2.70. The number of amides is 2. The van der Waals surface area contributed by atoms with Crippen LogP contribution in [0.2, 0.25) is 0 Å². The van der Waals surface area contributed by atoms with Gasteiger partial charge < -0.3 is 24.2 Å². The van der Waals surface area contributed by atoms with Crippen molar-refractivity contribution in [3.8, 4) is 17.0 Å². The normalized spacial score (nSPS) is 31.0. The average Bonchev–Trinajstić information content (AvgIpc) is 3.75. The standard InChI is InChI=1S/C38H49N5O6S/c1-36-18-41(4)19-37(2,34(36)45)21-42(20-36)35(46)38-17-29(38)28-16-25(49-5)12-14-26(28)32-31(23-9-7-6-8-10-23)27-13-11-24(15-30(27)43(32)22-38)33(44)40-50(47,48)39-3/h11-16,23,29,34,39,45H,6-10,17-22H2,1-5H3,(H,40,44)/t29-,34?,36-,37+,38-/m0/s1. The van der Waals surface area contributed by atoms with E-state index in [0.29, 0.717) is 32.0 Å². The summed E-state index contributed by atoms with van der Waals surface area (Å²) >= 11 is 0. The monoisotopic (exact) mass is 703 g/mol. The minimum atomic E-state index is -4.00. The molecular weight excluding hydrogens is 655 g/mol. The molecule has 268 valence electrons. The second kappa shape index (κ2) is 11.5. The summed E-state index contributed by atoms with van der Waals surface area (Å²) in [5.74, 6) is 0.464. The summed E-state index contributed by atoms with van der Waals surface area (Å²) < 4.78 is 36.8. The first-order valence-electron chi connectivity index (χ1n) is 18.0. The van der Waals surface area contributed by atoms with Crippen LogP contribution in [0, 0.1) is 16.2 Å². The van der Waals surface area contributed by atoms with Gasteiger partial charge in [0.2, 0.25) is 5.91 Å². The molecule has 8 rings (SSSR count). The number of hydrogen-bond donors (Lipinski definition) is 3. The molecule has 1 aromatic heterocycles. The summed E-state index contributed by atoms with van der Waals surface area (Å²) in [6.07, 6.45) is 5.82. The van der Waals surface area contributed by atoms with Crippen LogP contribution in [-0.4, -0.2) is 93.2 Å². The molecule has 0 spiro atoms. The van der Waals surface area contributed by atoms with Crippen LogP contribution in [0.5, 0.6) is 5.75 Å². The Bertz CT molecular complexity index is 2000. The Hall–Kier alpha value is -3.45. The Morgan fingerprint density at radius 3 is 2.32 bits per heavy atom. The minimum Gasteiger partial charge on any atom is -0.497 e. The second-order valence-corrected chi connectivity index (χ2v) is 18.1. The average molecular weight is 704 g/mol. The number of hydrogen-bond acceptors (Lipinski definition) is 7. The SMILES string of the molecule is CNS(=O)(=O)NC(=O)c1ccc2c(C3CCCCC3)c3n(c2c1)C[C@@]1(C(=O)N2C[C@]4(C)CN(C)C[C@](C)(C2)C4O)C[C@H]1c1cc(OC)ccc1-3. The van der Waals surface area contributed by atoms with Gasteiger partial charge in [-0.15, -0.1) is 0 Å². The van der Waals surface area contributed by atoms with Crippen LogP contribution < -0.4 is 14.2 Å². The number of aliphatic hydroxyl groups excluding tert-OH is 1. The maximum Gasteiger partial charge on any atom is 0.301 e. The number of piperidine rings is 2. The van der Waals surface area contributed by atoms with Crippen molar-refractivity contribution in [2.24, 2.45) is 16.2 Å². The maximum absolute atomic E-state index is 15.2. The summed E-state index contributed by atoms with van der Waals surface area (Å²) in [6.45, 7) is 7.07. The van der Waals surface area contributed by atoms with E-state index in [-0.39, 0.29) is 17.4 Å². The first-order chi connectivity index (χ1) is 23.7. The van der Waals surface area contributed by atoms with Crippen molar-refractivity contribution >= 4 is 32.9 Å². The Kier molecular flexibility index (Phi) is 7.77. The van der Waals surface area contributed by atoms with Gasteiger partial charge in [0.25, 0.3) is 5.91 Å². The molecule has 5 atom stereocenters. The van der Waals surface area contributed by atoms with Gasteiger partial charge in [0.05, 0.1) is 24.3 Å². The molecule has 0 radical (unpaired) electrons. The van der Waals surface area contributed by atoms with E-state index in [4.69, 9.17) is 4.74 Å². The highest BCUT2D eigenvalue weighted by Gasteiger charge is 2.66. The van der Waals surface area contributed by atoms with E-state index >= 15 is 4.79 Å². The largest absolute Gasteiger partial charge is 0.497 e. The Morgan fingerprint density at radius 1 is 0.960 bits per heavy atom. The summed E-state index contributed by atoms with van der Waals surface area (Å²) in [4.78, 5) is 32.8. The quantitative estimate of drug-likeness (QED) is 0.351. The van der Waals surface area contributed by atoms with Gasteiger partial charge >= 0.3 is 10.2 Å². The molecule has 5 aliphatic rings. The molecule has 3 N–H and O–H groups in total. The number of methoxy groups -OCH3 is 1. The van der Waals surface area contributed by atoms with Crippen molar-refractivity contribution in [2.75, 3.05) is 47.4 Å². The van der Waals surface area contributed by atoms with E-state index in [1.165, 1.54) is 19.0 Å². The number of nitrogens with one attached hydrogen (secondary N) is 2. The fourth-order valence-electron chi connectivity index (χ4n) is 10.6. The van der Waals surface area contributed by atoms with Gasteiger partial charge in [-0.1, -0.05) is 39.2 Å². The van der Waals surface area contributed by atoms with Crippen LogP contribution in [0.15, 0.2) is 36.4 Å². The number of fused-ring (bicyclic) bond motifs is 9. The Morgan fingerprint density at radius 2 is 1.66 bits per heavy atom. The van der Waals surface area contributed by atoms with Crippen molar-refractivity contribution in [3.63, 3.8) is 0 Å². The van der Waals surface area contributed by atoms with Crippen molar-refractivity contribution in [1.29, 1.82) is 0 Å². The summed E-state index contributed by atoms with van der Waals surface area (Å²) in [5, 5.41) is 12.6. The van der Waals surface area contributed by atoms with Crippen LogP contribution in [0.3, 0.4) is 0 Å². The number of likely N-dealkylation sites (tertiary alicyclic amines) is 2. The van der Waals surface area contributed by atoms with E-state index < -0.39 is 38.5 Å². The third-order valence-electron chi connectivity index (χ3n) is 12.7. The Balaban J connectivity index is 1.30. The van der Waals surface area contributed by atoms with Crippen molar-refractivity contribution < 1.29 is 27.9 Å². The maximum atomic E-state index is 15.2. The van der Waals surface area contributed by atoms with E-state index in [1.807, 2.05) is 17.0 Å². The predicted molar refractivity (Wildman–Crippen MR) is 191 cm³/mol. The van der Waals surface area contributed by atoms with E-state index in [9.17, 15) is 18.3 Å². The highest BCUT2D eigenvalue weighted by atomic mass is 32.2. The molecule has 4 fully saturated rings. The van der Waals surface area contributed by atoms with Gasteiger partial charge in [0, 0.05) is 78.5 Å². The van der Waals surface area contributed by atoms with E-state index in [0.717, 1.165) is 72.2 Å². The molecule has 2 amide bonds. The topological polar surface area (TPSA) is 133 Å². The lowest BCUT2D eigenvalue weighted by molar-refractivity contribution is -0.182. The fraction of sp³-hybridized carbons (Fsp3) is 0.579. The van der Waals surface area contributed by atoms with Crippen LogP contribution in [0.25, 0.3) is 22.2 Å². The molecule has 12 heteroatoms. The molecule has 4 heterocycles. The first-order valence-corrected chi connectivity index (χ1v) is 19.5. The number of ether oxygens (including phenoxy) is 1. The van der Waals surface area contributed by atoms with Crippen LogP contribution in [0.4, 0.5) is 0 Å². The van der Waals surface area contributed by atoms with Crippen LogP contribution >= 0.6 is 0 Å². The molecule has 2 saturated carbocycles. The van der Waals surface area contributed by atoms with Crippen molar-refractivity contribution in [3.05, 3.63) is 53.1 Å². The number of aromatic nitrogens is 1. The highest BCUT2D eigenvalue weighted by molar-refractivity contribution is 7.88. The third kappa shape index (κ3) is 5.11. The zero-order valence-corrected chi connectivity index (χ0v) is 30.5. The Labute approximate surface area is 294 Å². The molecule has 3 aliphatic heterocycles. The molecule has 1 unspecified atom stereocenters. The lowest BCUT2D eigenvalue weighted by atomic mass is 9.63. The van der Waals surface area contributed by atoms with Crippen LogP contribution in [-0.2, 0) is 21.5 Å². The molecule has 2 aromatic carbocycles.